The van der Waals surface area contributed by atoms with Gasteiger partial charge >= 0.3 is 0 Å². The number of aromatic nitrogens is 3. The third-order valence-corrected chi connectivity index (χ3v) is 9.76. The highest BCUT2D eigenvalue weighted by Crippen LogP contribution is 2.51. The van der Waals surface area contributed by atoms with Crippen molar-refractivity contribution in [3.05, 3.63) is 139 Å². The minimum absolute atomic E-state index is 0.145. The van der Waals surface area contributed by atoms with E-state index in [9.17, 15) is 0 Å². The van der Waals surface area contributed by atoms with Crippen LogP contribution in [0.2, 0.25) is 0 Å². The van der Waals surface area contributed by atoms with Gasteiger partial charge in [0, 0.05) is 38.1 Å². The maximum absolute atomic E-state index is 6.46. The fraction of sp³-hybridized carbons (Fsp3) is 0.0714. The normalized spacial score (nSPS) is 13.5. The van der Waals surface area contributed by atoms with Gasteiger partial charge in [-0.3, -0.25) is 0 Å². The Labute approximate surface area is 270 Å². The minimum Gasteiger partial charge on any atom is -0.456 e. The van der Waals surface area contributed by atoms with Crippen molar-refractivity contribution in [1.82, 2.24) is 15.0 Å². The molecule has 6 aromatic carbocycles. The predicted molar refractivity (Wildman–Crippen MR) is 188 cm³/mol. The van der Waals surface area contributed by atoms with Gasteiger partial charge in [-0.1, -0.05) is 105 Å². The summed E-state index contributed by atoms with van der Waals surface area (Å²) in [5.74, 6) is 1.78. The molecule has 3 heterocycles. The monoisotopic (exact) mass is 605 g/mol. The van der Waals surface area contributed by atoms with Crippen molar-refractivity contribution in [3.8, 4) is 45.3 Å². The van der Waals surface area contributed by atoms with Gasteiger partial charge in [-0.15, -0.1) is 0 Å². The molecule has 0 aliphatic heterocycles. The third-order valence-electron chi connectivity index (χ3n) is 9.76. The van der Waals surface area contributed by atoms with Crippen LogP contribution in [-0.4, -0.2) is 15.0 Å². The Balaban J connectivity index is 1.26. The number of benzene rings is 6. The van der Waals surface area contributed by atoms with E-state index in [1.807, 2.05) is 60.7 Å². The standard InChI is InChI=1S/C42H27N3O2/c1-42(2)32-17-6-3-13-28(32)37-29(15-10-18-33(37)42)40-43-39(24-21-22-36-31(23-24)26-12-5-7-19-34(26)46-36)44-41(45-40)30-16-9-14-27-25-11-4-8-20-35(25)47-38(27)30/h3-23H,1-2H3. The molecule has 5 heteroatoms. The van der Waals surface area contributed by atoms with Crippen LogP contribution in [0.3, 0.4) is 0 Å². The van der Waals surface area contributed by atoms with Crippen LogP contribution in [0.1, 0.15) is 25.0 Å². The fourth-order valence-corrected chi connectivity index (χ4v) is 7.48. The first kappa shape index (κ1) is 26.2. The molecule has 0 N–H and O–H groups in total. The number of hydrogen-bond donors (Lipinski definition) is 0. The van der Waals surface area contributed by atoms with Gasteiger partial charge in [-0.2, -0.15) is 0 Å². The molecule has 5 nitrogen and oxygen atoms in total. The first-order valence-corrected chi connectivity index (χ1v) is 15.9. The zero-order valence-corrected chi connectivity index (χ0v) is 25.8. The molecule has 222 valence electrons. The topological polar surface area (TPSA) is 65.0 Å². The summed E-state index contributed by atoms with van der Waals surface area (Å²) in [6, 6.07) is 43.7. The van der Waals surface area contributed by atoms with E-state index in [-0.39, 0.29) is 5.41 Å². The van der Waals surface area contributed by atoms with Crippen molar-refractivity contribution >= 4 is 43.9 Å². The second-order valence-electron chi connectivity index (χ2n) is 12.8. The number of furan rings is 2. The smallest absolute Gasteiger partial charge is 0.167 e. The summed E-state index contributed by atoms with van der Waals surface area (Å²) in [6.45, 7) is 4.58. The Kier molecular flexibility index (Phi) is 5.28. The molecular weight excluding hydrogens is 578 g/mol. The van der Waals surface area contributed by atoms with Crippen LogP contribution in [0.15, 0.2) is 136 Å². The first-order valence-electron chi connectivity index (χ1n) is 15.9. The van der Waals surface area contributed by atoms with Crippen molar-refractivity contribution < 1.29 is 8.83 Å². The number of fused-ring (bicyclic) bond motifs is 9. The summed E-state index contributed by atoms with van der Waals surface area (Å²) in [4.78, 5) is 15.6. The van der Waals surface area contributed by atoms with E-state index in [1.165, 1.54) is 22.3 Å². The molecule has 0 saturated carbocycles. The highest BCUT2D eigenvalue weighted by molar-refractivity contribution is 6.09. The number of rotatable bonds is 3. The molecule has 1 aliphatic rings. The lowest BCUT2D eigenvalue weighted by molar-refractivity contribution is 0.660. The van der Waals surface area contributed by atoms with Gasteiger partial charge in [-0.05, 0) is 58.7 Å². The number of nitrogens with zero attached hydrogens (tertiary/aromatic N) is 3. The van der Waals surface area contributed by atoms with Gasteiger partial charge in [0.15, 0.2) is 17.5 Å². The molecule has 0 fully saturated rings. The number of hydrogen-bond acceptors (Lipinski definition) is 5. The number of para-hydroxylation sites is 3. The molecule has 0 amide bonds. The van der Waals surface area contributed by atoms with E-state index in [1.54, 1.807) is 0 Å². The Hall–Kier alpha value is -6.07. The highest BCUT2D eigenvalue weighted by atomic mass is 16.3. The second kappa shape index (κ2) is 9.47. The molecule has 47 heavy (non-hydrogen) atoms. The summed E-state index contributed by atoms with van der Waals surface area (Å²) in [5.41, 5.74) is 10.8. The summed E-state index contributed by atoms with van der Waals surface area (Å²) < 4.78 is 12.6. The molecule has 0 bridgehead atoms. The SMILES string of the molecule is CC1(C)c2ccccc2-c2c(-c3nc(-c4ccc5oc6ccccc6c5c4)nc(-c4cccc5c4oc4ccccc45)n3)cccc21. The molecule has 1 aliphatic carbocycles. The lowest BCUT2D eigenvalue weighted by atomic mass is 9.82. The van der Waals surface area contributed by atoms with Crippen LogP contribution in [-0.2, 0) is 5.41 Å². The molecule has 9 aromatic rings. The summed E-state index contributed by atoms with van der Waals surface area (Å²) in [7, 11) is 0. The van der Waals surface area contributed by atoms with Crippen LogP contribution >= 0.6 is 0 Å². The Morgan fingerprint density at radius 2 is 1.02 bits per heavy atom. The molecule has 0 radical (unpaired) electrons. The van der Waals surface area contributed by atoms with Crippen LogP contribution in [0, 0.1) is 0 Å². The largest absolute Gasteiger partial charge is 0.456 e. The zero-order chi connectivity index (χ0) is 31.3. The second-order valence-corrected chi connectivity index (χ2v) is 12.8. The maximum Gasteiger partial charge on any atom is 0.167 e. The van der Waals surface area contributed by atoms with E-state index in [2.05, 4.69) is 80.6 Å². The lowest BCUT2D eigenvalue weighted by Gasteiger charge is -2.21. The fourth-order valence-electron chi connectivity index (χ4n) is 7.48. The van der Waals surface area contributed by atoms with Crippen molar-refractivity contribution in [2.75, 3.05) is 0 Å². The van der Waals surface area contributed by atoms with Gasteiger partial charge in [0.25, 0.3) is 0 Å². The minimum atomic E-state index is -0.145. The van der Waals surface area contributed by atoms with Gasteiger partial charge in [0.2, 0.25) is 0 Å². The quantitative estimate of drug-likeness (QED) is 0.200. The predicted octanol–water partition coefficient (Wildman–Crippen LogP) is 11.0. The third kappa shape index (κ3) is 3.74. The van der Waals surface area contributed by atoms with E-state index < -0.39 is 0 Å². The Morgan fingerprint density at radius 1 is 0.447 bits per heavy atom. The molecule has 0 unspecified atom stereocenters. The van der Waals surface area contributed by atoms with Crippen molar-refractivity contribution in [2.45, 2.75) is 19.3 Å². The molecule has 0 spiro atoms. The van der Waals surface area contributed by atoms with Crippen LogP contribution in [0.25, 0.3) is 89.2 Å². The van der Waals surface area contributed by atoms with Gasteiger partial charge in [-0.25, -0.2) is 15.0 Å². The van der Waals surface area contributed by atoms with E-state index >= 15 is 0 Å². The lowest BCUT2D eigenvalue weighted by Crippen LogP contribution is -2.14. The summed E-state index contributed by atoms with van der Waals surface area (Å²) >= 11 is 0. The molecule has 10 rings (SSSR count). The summed E-state index contributed by atoms with van der Waals surface area (Å²) in [6.07, 6.45) is 0. The Bertz CT molecular complexity index is 2730. The highest BCUT2D eigenvalue weighted by Gasteiger charge is 2.37. The summed E-state index contributed by atoms with van der Waals surface area (Å²) in [5, 5.41) is 4.18. The van der Waals surface area contributed by atoms with Gasteiger partial charge < -0.3 is 8.83 Å². The van der Waals surface area contributed by atoms with Crippen LogP contribution in [0.4, 0.5) is 0 Å². The molecule has 0 saturated heterocycles. The average molecular weight is 606 g/mol. The first-order chi connectivity index (χ1) is 23.0. The van der Waals surface area contributed by atoms with E-state index in [4.69, 9.17) is 23.8 Å². The molecule has 0 atom stereocenters. The van der Waals surface area contributed by atoms with Gasteiger partial charge in [0.1, 0.15) is 22.3 Å². The van der Waals surface area contributed by atoms with Crippen molar-refractivity contribution in [1.29, 1.82) is 0 Å². The average Bonchev–Trinajstić information content (AvgIpc) is 3.76. The van der Waals surface area contributed by atoms with Crippen LogP contribution < -0.4 is 0 Å². The molecular formula is C42H27N3O2. The molecule has 3 aromatic heterocycles. The van der Waals surface area contributed by atoms with Crippen LogP contribution in [0.5, 0.6) is 0 Å². The van der Waals surface area contributed by atoms with Gasteiger partial charge in [0.05, 0.1) is 5.56 Å². The zero-order valence-electron chi connectivity index (χ0n) is 25.8. The van der Waals surface area contributed by atoms with Crippen molar-refractivity contribution in [2.24, 2.45) is 0 Å². The van der Waals surface area contributed by atoms with Crippen molar-refractivity contribution in [3.63, 3.8) is 0 Å². The Morgan fingerprint density at radius 3 is 1.87 bits per heavy atom. The van der Waals surface area contributed by atoms with E-state index in [0.717, 1.165) is 60.6 Å². The maximum atomic E-state index is 6.46. The van der Waals surface area contributed by atoms with E-state index in [0.29, 0.717) is 17.5 Å².